The summed E-state index contributed by atoms with van der Waals surface area (Å²) in [4.78, 5) is 41.9. The highest BCUT2D eigenvalue weighted by Crippen LogP contribution is 2.47. The molecule has 4 unspecified atom stereocenters. The van der Waals surface area contributed by atoms with Crippen molar-refractivity contribution in [3.05, 3.63) is 66.2 Å². The molecule has 2 amide bonds. The van der Waals surface area contributed by atoms with E-state index < -0.39 is 29.8 Å². The predicted octanol–water partition coefficient (Wildman–Crippen LogP) is 2.30. The Kier molecular flexibility index (Phi) is 4.77. The summed E-state index contributed by atoms with van der Waals surface area (Å²) in [6.07, 6.45) is 5.13. The summed E-state index contributed by atoms with van der Waals surface area (Å²) in [5.74, 6) is -1.57. The Morgan fingerprint density at radius 3 is 2.38 bits per heavy atom. The standard InChI is InChI=1S/C24H21N3O5/c1-31-15-11-9-14(10-12-15)22(28)21-20-19(17-7-5-13-25-27(17)21)23(29)26(24(20)30)16-6-3-4-8-18(16)32-2/h3-13,17,19-21H,1-2H3. The molecule has 2 aromatic carbocycles. The molecular formula is C24H21N3O5. The quantitative estimate of drug-likeness (QED) is 0.533. The van der Waals surface area contributed by atoms with Crippen LogP contribution in [0, 0.1) is 11.8 Å². The number of methoxy groups -OCH3 is 2. The average molecular weight is 431 g/mol. The van der Waals surface area contributed by atoms with Gasteiger partial charge < -0.3 is 9.47 Å². The molecular weight excluding hydrogens is 410 g/mol. The lowest BCUT2D eigenvalue weighted by molar-refractivity contribution is -0.123. The summed E-state index contributed by atoms with van der Waals surface area (Å²) in [7, 11) is 3.04. The van der Waals surface area contributed by atoms with E-state index in [1.807, 2.05) is 6.08 Å². The van der Waals surface area contributed by atoms with Crippen LogP contribution in [0.1, 0.15) is 10.4 Å². The Morgan fingerprint density at radius 2 is 1.66 bits per heavy atom. The van der Waals surface area contributed by atoms with E-state index in [1.54, 1.807) is 72.9 Å². The maximum absolute atomic E-state index is 13.6. The van der Waals surface area contributed by atoms with E-state index in [9.17, 15) is 14.4 Å². The molecule has 2 fully saturated rings. The highest BCUT2D eigenvalue weighted by Gasteiger charge is 2.64. The maximum atomic E-state index is 13.6. The smallest absolute Gasteiger partial charge is 0.240 e. The molecule has 32 heavy (non-hydrogen) atoms. The van der Waals surface area contributed by atoms with E-state index in [4.69, 9.17) is 9.47 Å². The number of nitrogens with zero attached hydrogens (tertiary/aromatic N) is 3. The second kappa shape index (κ2) is 7.64. The molecule has 5 rings (SSSR count). The highest BCUT2D eigenvalue weighted by molar-refractivity contribution is 6.25. The second-order valence-electron chi connectivity index (χ2n) is 7.79. The van der Waals surface area contributed by atoms with Crippen molar-refractivity contribution in [1.29, 1.82) is 0 Å². The first-order valence-electron chi connectivity index (χ1n) is 10.2. The Balaban J connectivity index is 1.57. The monoisotopic (exact) mass is 431 g/mol. The number of fused-ring (bicyclic) bond motifs is 3. The van der Waals surface area contributed by atoms with Crippen LogP contribution in [0.3, 0.4) is 0 Å². The van der Waals surface area contributed by atoms with E-state index in [1.165, 1.54) is 7.11 Å². The molecule has 0 aliphatic carbocycles. The minimum atomic E-state index is -0.893. The number of hydrogen-bond donors (Lipinski definition) is 0. The van der Waals surface area contributed by atoms with Crippen LogP contribution in [0.2, 0.25) is 0 Å². The van der Waals surface area contributed by atoms with Gasteiger partial charge in [-0.2, -0.15) is 5.10 Å². The molecule has 3 aliphatic heterocycles. The third-order valence-corrected chi connectivity index (χ3v) is 6.26. The van der Waals surface area contributed by atoms with Crippen LogP contribution in [0.25, 0.3) is 0 Å². The number of ether oxygens (including phenoxy) is 2. The van der Waals surface area contributed by atoms with Crippen LogP contribution in [-0.4, -0.2) is 55.1 Å². The molecule has 0 aromatic heterocycles. The van der Waals surface area contributed by atoms with Crippen molar-refractivity contribution >= 4 is 29.5 Å². The van der Waals surface area contributed by atoms with Crippen molar-refractivity contribution in [3.63, 3.8) is 0 Å². The maximum Gasteiger partial charge on any atom is 0.240 e. The molecule has 3 heterocycles. The first-order valence-corrected chi connectivity index (χ1v) is 10.2. The predicted molar refractivity (Wildman–Crippen MR) is 117 cm³/mol. The van der Waals surface area contributed by atoms with E-state index in [0.717, 1.165) is 4.90 Å². The zero-order chi connectivity index (χ0) is 22.4. The summed E-state index contributed by atoms with van der Waals surface area (Å²) in [6.45, 7) is 0. The third-order valence-electron chi connectivity index (χ3n) is 6.26. The minimum Gasteiger partial charge on any atom is -0.497 e. The number of anilines is 1. The summed E-state index contributed by atoms with van der Waals surface area (Å²) in [6, 6.07) is 12.2. The zero-order valence-corrected chi connectivity index (χ0v) is 17.5. The Labute approximate surface area is 184 Å². The number of para-hydroxylation sites is 2. The van der Waals surface area contributed by atoms with Gasteiger partial charge in [-0.15, -0.1) is 0 Å². The lowest BCUT2D eigenvalue weighted by Gasteiger charge is -2.30. The molecule has 2 aromatic rings. The van der Waals surface area contributed by atoms with Crippen LogP contribution in [0.4, 0.5) is 5.69 Å². The summed E-state index contributed by atoms with van der Waals surface area (Å²) < 4.78 is 10.5. The van der Waals surface area contributed by atoms with Gasteiger partial charge in [0.25, 0.3) is 0 Å². The zero-order valence-electron chi connectivity index (χ0n) is 17.5. The molecule has 3 aliphatic rings. The summed E-state index contributed by atoms with van der Waals surface area (Å²) in [5, 5.41) is 5.96. The van der Waals surface area contributed by atoms with E-state index >= 15 is 0 Å². The number of hydrazone groups is 1. The lowest BCUT2D eigenvalue weighted by atomic mass is 9.86. The number of rotatable bonds is 5. The van der Waals surface area contributed by atoms with Gasteiger partial charge in [0, 0.05) is 11.8 Å². The SMILES string of the molecule is COc1ccc(C(=O)C2C3C(=O)N(c4ccccc4OC)C(=O)C3C3C=CC=NN32)cc1. The number of imide groups is 1. The van der Waals surface area contributed by atoms with Crippen LogP contribution >= 0.6 is 0 Å². The molecule has 0 N–H and O–H groups in total. The number of ketones is 1. The Morgan fingerprint density at radius 1 is 0.938 bits per heavy atom. The van der Waals surface area contributed by atoms with Gasteiger partial charge in [-0.3, -0.25) is 19.4 Å². The van der Waals surface area contributed by atoms with Crippen LogP contribution in [-0.2, 0) is 9.59 Å². The van der Waals surface area contributed by atoms with E-state index in [2.05, 4.69) is 5.10 Å². The van der Waals surface area contributed by atoms with Gasteiger partial charge in [-0.05, 0) is 42.5 Å². The van der Waals surface area contributed by atoms with Crippen LogP contribution in [0.15, 0.2) is 65.8 Å². The highest BCUT2D eigenvalue weighted by atomic mass is 16.5. The van der Waals surface area contributed by atoms with E-state index in [0.29, 0.717) is 22.7 Å². The Bertz CT molecular complexity index is 1160. The van der Waals surface area contributed by atoms with Crippen LogP contribution < -0.4 is 14.4 Å². The van der Waals surface area contributed by atoms with Gasteiger partial charge in [0.1, 0.15) is 17.5 Å². The number of benzene rings is 2. The van der Waals surface area contributed by atoms with Crippen molar-refractivity contribution in [1.82, 2.24) is 5.01 Å². The molecule has 0 spiro atoms. The number of carbonyl (C=O) groups excluding carboxylic acids is 3. The molecule has 0 radical (unpaired) electrons. The molecule has 2 saturated heterocycles. The fourth-order valence-electron chi connectivity index (χ4n) is 4.82. The topological polar surface area (TPSA) is 88.5 Å². The largest absolute Gasteiger partial charge is 0.497 e. The van der Waals surface area contributed by atoms with Crippen molar-refractivity contribution in [2.75, 3.05) is 19.1 Å². The van der Waals surface area contributed by atoms with Gasteiger partial charge in [0.15, 0.2) is 5.78 Å². The summed E-state index contributed by atoms with van der Waals surface area (Å²) >= 11 is 0. The molecule has 0 bridgehead atoms. The molecule has 8 heteroatoms. The Hall–Kier alpha value is -3.94. The number of Topliss-reactive ketones (excluding diaryl/α,β-unsaturated/α-hetero) is 1. The van der Waals surface area contributed by atoms with Gasteiger partial charge >= 0.3 is 0 Å². The number of amides is 2. The number of hydrogen-bond acceptors (Lipinski definition) is 7. The van der Waals surface area contributed by atoms with E-state index in [-0.39, 0.29) is 11.7 Å². The molecule has 4 atom stereocenters. The van der Waals surface area contributed by atoms with Crippen LogP contribution in [0.5, 0.6) is 11.5 Å². The lowest BCUT2D eigenvalue weighted by Crippen LogP contribution is -2.46. The summed E-state index contributed by atoms with van der Waals surface area (Å²) in [5.41, 5.74) is 0.806. The second-order valence-corrected chi connectivity index (χ2v) is 7.79. The first kappa shape index (κ1) is 20.0. The van der Waals surface area contributed by atoms with Crippen molar-refractivity contribution in [2.45, 2.75) is 12.1 Å². The first-order chi connectivity index (χ1) is 15.6. The number of carbonyl (C=O) groups is 3. The van der Waals surface area contributed by atoms with Gasteiger partial charge in [-0.25, -0.2) is 4.90 Å². The fraction of sp³-hybridized carbons (Fsp3) is 0.250. The normalized spacial score (nSPS) is 25.7. The van der Waals surface area contributed by atoms with Crippen molar-refractivity contribution in [2.24, 2.45) is 16.9 Å². The van der Waals surface area contributed by atoms with Gasteiger partial charge in [-0.1, -0.05) is 18.2 Å². The van der Waals surface area contributed by atoms with Crippen molar-refractivity contribution in [3.8, 4) is 11.5 Å². The fourth-order valence-corrected chi connectivity index (χ4v) is 4.82. The third kappa shape index (κ3) is 2.83. The van der Waals surface area contributed by atoms with Crippen molar-refractivity contribution < 1.29 is 23.9 Å². The molecule has 8 nitrogen and oxygen atoms in total. The average Bonchev–Trinajstić information content (AvgIpc) is 3.31. The van der Waals surface area contributed by atoms with Gasteiger partial charge in [0.05, 0.1) is 37.8 Å². The molecule has 162 valence electrons. The van der Waals surface area contributed by atoms with Gasteiger partial charge in [0.2, 0.25) is 11.8 Å². The molecule has 0 saturated carbocycles. The number of allylic oxidation sites excluding steroid dienone is 1. The minimum absolute atomic E-state index is 0.263.